The van der Waals surface area contributed by atoms with E-state index in [1.807, 2.05) is 54.5 Å². The van der Waals surface area contributed by atoms with E-state index in [2.05, 4.69) is 13.0 Å². The molecule has 1 atom stereocenters. The predicted molar refractivity (Wildman–Crippen MR) is 220 cm³/mol. The van der Waals surface area contributed by atoms with Gasteiger partial charge in [0.2, 0.25) is 5.69 Å². The summed E-state index contributed by atoms with van der Waals surface area (Å²) in [5.41, 5.74) is 4.15. The zero-order valence-electron chi connectivity index (χ0n) is 34.0. The summed E-state index contributed by atoms with van der Waals surface area (Å²) in [7, 11) is -13.5. The maximum atomic E-state index is 12.4. The molecule has 2 aromatic carbocycles. The molecule has 326 valence electrons. The summed E-state index contributed by atoms with van der Waals surface area (Å²) < 4.78 is 105. The molecule has 5 rings (SSSR count). The first-order valence-electron chi connectivity index (χ1n) is 19.6. The summed E-state index contributed by atoms with van der Waals surface area (Å²) in [5, 5.41) is 0.532. The average molecular weight is 889 g/mol. The van der Waals surface area contributed by atoms with Crippen LogP contribution in [-0.2, 0) is 60.4 Å². The quantitative estimate of drug-likeness (QED) is 0.0655. The molecular formula is C41H50N3O13S3-. The Morgan fingerprint density at radius 3 is 2.22 bits per heavy atom. The van der Waals surface area contributed by atoms with Crippen molar-refractivity contribution in [3.8, 4) is 0 Å². The van der Waals surface area contributed by atoms with E-state index < -0.39 is 75.4 Å². The molecule has 0 bridgehead atoms. The molecule has 1 saturated heterocycles. The van der Waals surface area contributed by atoms with Crippen LogP contribution in [0.1, 0.15) is 95.2 Å². The third-order valence-corrected chi connectivity index (χ3v) is 13.5. The Hall–Kier alpha value is -4.53. The van der Waals surface area contributed by atoms with E-state index in [0.717, 1.165) is 22.5 Å². The molecule has 1 N–H and O–H groups in total. The van der Waals surface area contributed by atoms with E-state index in [-0.39, 0.29) is 45.2 Å². The lowest BCUT2D eigenvalue weighted by Gasteiger charge is -2.30. The van der Waals surface area contributed by atoms with E-state index in [4.69, 9.17) is 4.84 Å². The van der Waals surface area contributed by atoms with Gasteiger partial charge < -0.3 is 18.8 Å². The minimum atomic E-state index is -4.76. The number of benzene rings is 2. The van der Waals surface area contributed by atoms with Crippen molar-refractivity contribution >= 4 is 65.2 Å². The van der Waals surface area contributed by atoms with Crippen molar-refractivity contribution in [3.63, 3.8) is 0 Å². The van der Waals surface area contributed by atoms with Gasteiger partial charge in [0.05, 0.1) is 26.2 Å². The standard InChI is InChI=1S/C41H51N3O13S3/c1-29-16-18-34-32(27-29)41(4,22-10-6-9-15-39(47)57-44-37(45)20-21-38(44)46)36(43(34)24-12-26-59(51,52)53)14-8-5-7-13-35-40(2,3)31-28-30(60(54,55)56)17-19-33(31)42(35)23-11-25-58(48,49)50/h5,7-8,13-14,16-19,27-28H,6,9-12,15,20-26H2,1-4H3,(H2-,48,49,50,51,52,53,54,55,56)/p-1. The second kappa shape index (κ2) is 18.2. The predicted octanol–water partition coefficient (Wildman–Crippen LogP) is 4.82. The van der Waals surface area contributed by atoms with Gasteiger partial charge in [0, 0.05) is 72.5 Å². The molecular weight excluding hydrogens is 839 g/mol. The van der Waals surface area contributed by atoms with Gasteiger partial charge in [0.15, 0.2) is 5.71 Å². The van der Waals surface area contributed by atoms with E-state index >= 15 is 0 Å². The van der Waals surface area contributed by atoms with Crippen molar-refractivity contribution < 1.29 is 62.7 Å². The number of hydroxylamine groups is 2. The second-order valence-electron chi connectivity index (χ2n) is 16.0. The Balaban J connectivity index is 1.42. The number of hydrogen-bond acceptors (Lipinski definition) is 13. The first-order chi connectivity index (χ1) is 27.9. The normalized spacial score (nSPS) is 20.0. The van der Waals surface area contributed by atoms with Crippen molar-refractivity contribution in [2.24, 2.45) is 0 Å². The fourth-order valence-electron chi connectivity index (χ4n) is 8.11. The van der Waals surface area contributed by atoms with Crippen LogP contribution in [0.25, 0.3) is 0 Å². The number of unbranched alkanes of at least 4 members (excludes halogenated alkanes) is 2. The first kappa shape index (κ1) is 46.5. The summed E-state index contributed by atoms with van der Waals surface area (Å²) in [6.45, 7) is 8.16. The van der Waals surface area contributed by atoms with Crippen LogP contribution in [0, 0.1) is 6.92 Å². The van der Waals surface area contributed by atoms with Gasteiger partial charge >= 0.3 is 5.97 Å². The maximum absolute atomic E-state index is 12.4. The van der Waals surface area contributed by atoms with Crippen LogP contribution in [-0.4, -0.2) is 96.6 Å². The van der Waals surface area contributed by atoms with Crippen LogP contribution in [0.5, 0.6) is 0 Å². The summed E-state index contributed by atoms with van der Waals surface area (Å²) in [5.74, 6) is -2.80. The molecule has 0 spiro atoms. The van der Waals surface area contributed by atoms with Crippen molar-refractivity contribution in [1.82, 2.24) is 5.06 Å². The van der Waals surface area contributed by atoms with E-state index in [1.54, 1.807) is 18.2 Å². The van der Waals surface area contributed by atoms with Crippen molar-refractivity contribution in [2.75, 3.05) is 29.5 Å². The molecule has 0 aliphatic carbocycles. The smallest absolute Gasteiger partial charge is 0.333 e. The van der Waals surface area contributed by atoms with E-state index in [0.29, 0.717) is 47.7 Å². The molecule has 2 amide bonds. The van der Waals surface area contributed by atoms with Crippen LogP contribution in [0.2, 0.25) is 0 Å². The Bertz CT molecular complexity index is 2490. The summed E-state index contributed by atoms with van der Waals surface area (Å²) in [6.07, 6.45) is 11.6. The number of aryl methyl sites for hydroxylation is 1. The molecule has 1 unspecified atom stereocenters. The zero-order chi connectivity index (χ0) is 44.3. The summed E-state index contributed by atoms with van der Waals surface area (Å²) >= 11 is 0. The van der Waals surface area contributed by atoms with Gasteiger partial charge in [-0.3, -0.25) is 14.1 Å². The number of carbonyl (C=O) groups excluding carboxylic acids is 3. The van der Waals surface area contributed by atoms with Crippen LogP contribution in [0.4, 0.5) is 11.4 Å². The van der Waals surface area contributed by atoms with Crippen LogP contribution >= 0.6 is 0 Å². The second-order valence-corrected chi connectivity index (χ2v) is 20.4. The fourth-order valence-corrected chi connectivity index (χ4v) is 9.59. The largest absolute Gasteiger partial charge is 0.748 e. The number of amides is 2. The van der Waals surface area contributed by atoms with Gasteiger partial charge in [-0.05, 0) is 76.8 Å². The van der Waals surface area contributed by atoms with Gasteiger partial charge in [-0.1, -0.05) is 48.8 Å². The lowest BCUT2D eigenvalue weighted by Crippen LogP contribution is -2.32. The van der Waals surface area contributed by atoms with Crippen molar-refractivity contribution in [2.45, 2.75) is 101 Å². The fraction of sp³-hybridized carbons (Fsp3) is 0.463. The Kier molecular flexibility index (Phi) is 14.1. The first-order valence-corrected chi connectivity index (χ1v) is 24.2. The highest BCUT2D eigenvalue weighted by molar-refractivity contribution is 7.86. The maximum Gasteiger partial charge on any atom is 0.333 e. The Morgan fingerprint density at radius 2 is 1.57 bits per heavy atom. The number of fused-ring (bicyclic) bond motifs is 2. The SMILES string of the molecule is Cc1ccc2c(c1)C(C)(CCCCCC(=O)ON1C(=O)CCC1=O)/C(=C/C=C/C=C/C1=[N+](CCCS(=O)(=O)O)c3ccc(S(=O)(=O)[O-])cc3C1(C)C)N2CCCS(=O)(=O)[O-]. The Labute approximate surface area is 351 Å². The summed E-state index contributed by atoms with van der Waals surface area (Å²) in [4.78, 5) is 42.7. The molecule has 0 radical (unpaired) electrons. The highest BCUT2D eigenvalue weighted by atomic mass is 32.2. The summed E-state index contributed by atoms with van der Waals surface area (Å²) in [6, 6.07) is 10.0. The van der Waals surface area contributed by atoms with Gasteiger partial charge in [-0.2, -0.15) is 13.0 Å². The number of allylic oxidation sites excluding steroid dienone is 6. The number of hydrogen-bond donors (Lipinski definition) is 1. The third-order valence-electron chi connectivity index (χ3n) is 11.1. The molecule has 3 heterocycles. The number of imide groups is 1. The van der Waals surface area contributed by atoms with Gasteiger partial charge in [-0.15, -0.1) is 5.06 Å². The highest BCUT2D eigenvalue weighted by Gasteiger charge is 2.45. The molecule has 60 heavy (non-hydrogen) atoms. The zero-order valence-corrected chi connectivity index (χ0v) is 36.4. The molecule has 19 heteroatoms. The molecule has 3 aliphatic rings. The van der Waals surface area contributed by atoms with Crippen LogP contribution < -0.4 is 4.90 Å². The highest BCUT2D eigenvalue weighted by Crippen LogP contribution is 2.51. The Morgan fingerprint density at radius 1 is 0.867 bits per heavy atom. The molecule has 0 saturated carbocycles. The third kappa shape index (κ3) is 11.0. The van der Waals surface area contributed by atoms with E-state index in [1.165, 1.54) is 18.2 Å². The van der Waals surface area contributed by atoms with Crippen LogP contribution in [0.15, 0.2) is 77.4 Å². The minimum absolute atomic E-state index is 0.00463. The molecule has 3 aliphatic heterocycles. The van der Waals surface area contributed by atoms with Gasteiger partial charge in [0.1, 0.15) is 16.7 Å². The number of anilines is 1. The lowest BCUT2D eigenvalue weighted by molar-refractivity contribution is -0.437. The topological polar surface area (TPSA) is 239 Å². The molecule has 16 nitrogen and oxygen atoms in total. The van der Waals surface area contributed by atoms with Gasteiger partial charge in [0.25, 0.3) is 21.9 Å². The molecule has 2 aromatic rings. The van der Waals surface area contributed by atoms with Crippen molar-refractivity contribution in [3.05, 3.63) is 89.2 Å². The lowest BCUT2D eigenvalue weighted by atomic mass is 9.76. The number of nitrogens with zero attached hydrogens (tertiary/aromatic N) is 3. The number of rotatable bonds is 19. The van der Waals surface area contributed by atoms with E-state index in [9.17, 15) is 53.3 Å². The van der Waals surface area contributed by atoms with Crippen LogP contribution in [0.3, 0.4) is 0 Å². The minimum Gasteiger partial charge on any atom is -0.748 e. The van der Waals surface area contributed by atoms with Gasteiger partial charge in [-0.25, -0.2) is 21.6 Å². The molecule has 0 aromatic heterocycles. The average Bonchev–Trinajstić information content (AvgIpc) is 3.65. The molecule has 1 fully saturated rings. The number of carbonyl (C=O) groups is 3. The monoisotopic (exact) mass is 888 g/mol. The van der Waals surface area contributed by atoms with Crippen molar-refractivity contribution in [1.29, 1.82) is 0 Å².